The molecule has 4 heterocycles. The van der Waals surface area contributed by atoms with Crippen LogP contribution in [0, 0.1) is 26.0 Å². The number of hydrogen-bond donors (Lipinski definition) is 0. The van der Waals surface area contributed by atoms with Crippen LogP contribution in [0.15, 0.2) is 108 Å². The number of furan rings is 1. The monoisotopic (exact) mass is 919 g/mol. The largest absolute Gasteiger partial charge is 0.486 e. The molecular weight excluding hydrogens is 869 g/mol. The van der Waals surface area contributed by atoms with Crippen LogP contribution in [0.5, 0.6) is 0 Å². The van der Waals surface area contributed by atoms with Gasteiger partial charge in [0.25, 0.3) is 0 Å². The summed E-state index contributed by atoms with van der Waals surface area (Å²) in [6.45, 7) is 20.4. The van der Waals surface area contributed by atoms with Crippen molar-refractivity contribution in [2.75, 3.05) is 0 Å². The Labute approximate surface area is 340 Å². The fourth-order valence-corrected chi connectivity index (χ4v) is 8.18. The molecule has 55 heavy (non-hydrogen) atoms. The molecule has 0 spiro atoms. The molecule has 0 N–H and O–H groups in total. The third-order valence-corrected chi connectivity index (χ3v) is 12.7. The summed E-state index contributed by atoms with van der Waals surface area (Å²) < 4.78 is 8.44. The summed E-state index contributed by atoms with van der Waals surface area (Å²) in [6, 6.07) is 40.4. The predicted octanol–water partition coefficient (Wildman–Crippen LogP) is 12.5. The maximum absolute atomic E-state index is 6.04. The van der Waals surface area contributed by atoms with Crippen LogP contribution in [0.4, 0.5) is 0 Å². The van der Waals surface area contributed by atoms with E-state index in [1.165, 1.54) is 27.6 Å². The van der Waals surface area contributed by atoms with Crippen molar-refractivity contribution < 1.29 is 24.5 Å². The normalized spacial score (nSPS) is 12.7. The minimum absolute atomic E-state index is 0. The van der Waals surface area contributed by atoms with Crippen LogP contribution in [0.2, 0.25) is 19.6 Å². The zero-order valence-electron chi connectivity index (χ0n) is 33.4. The molecule has 0 bridgehead atoms. The van der Waals surface area contributed by atoms with Gasteiger partial charge in [0.15, 0.2) is 0 Å². The van der Waals surface area contributed by atoms with E-state index in [1.54, 1.807) is 0 Å². The van der Waals surface area contributed by atoms with Gasteiger partial charge in [-0.2, -0.15) is 0 Å². The molecule has 4 aromatic carbocycles. The van der Waals surface area contributed by atoms with Gasteiger partial charge in [-0.3, -0.25) is 4.98 Å². The first-order chi connectivity index (χ1) is 26.0. The molecule has 8 aromatic rings. The number of aromatic nitrogens is 4. The van der Waals surface area contributed by atoms with E-state index in [0.717, 1.165) is 68.6 Å². The topological polar surface area (TPSA) is 56.7 Å². The summed E-state index contributed by atoms with van der Waals surface area (Å²) in [5.41, 5.74) is 12.9. The van der Waals surface area contributed by atoms with Crippen LogP contribution >= 0.6 is 0 Å². The Morgan fingerprint density at radius 1 is 0.764 bits per heavy atom. The summed E-state index contributed by atoms with van der Waals surface area (Å²) in [4.78, 5) is 14.2. The molecule has 0 amide bonds. The fraction of sp³-hybridized carbons (Fsp3) is 0.271. The fourth-order valence-electron chi connectivity index (χ4n) is 7.14. The zero-order valence-corrected chi connectivity index (χ0v) is 36.8. The molecule has 0 saturated heterocycles. The van der Waals surface area contributed by atoms with Crippen LogP contribution < -0.4 is 5.19 Å². The second-order valence-corrected chi connectivity index (χ2v) is 20.7. The molecule has 2 atom stereocenters. The number of pyridine rings is 2. The van der Waals surface area contributed by atoms with E-state index < -0.39 is 8.07 Å². The standard InChI is InChI=1S/C28H31N2.C20H19N2OSi.Ir/c1-6-20(4)23-17-19(3)18-24(21(5)7-2)27(23)30-26-16-12-11-15-25(26)29-28(30)22-13-9-8-10-14-22;1-13-8-10-16-15-6-5-7-17(19(15)23-20(16)22-13)18-11-9-14(12-21-18)24(2,3)4;/h8-13,15-18,20-21H,6-7H2,1-5H3;5-6,8-12H,1-4H3;/q2*-1;. The van der Waals surface area contributed by atoms with Gasteiger partial charge in [0.1, 0.15) is 0 Å². The summed E-state index contributed by atoms with van der Waals surface area (Å²) in [5, 5.41) is 3.44. The Morgan fingerprint density at radius 3 is 2.11 bits per heavy atom. The van der Waals surface area contributed by atoms with Crippen LogP contribution in [-0.4, -0.2) is 27.6 Å². The van der Waals surface area contributed by atoms with E-state index in [0.29, 0.717) is 17.5 Å². The van der Waals surface area contributed by atoms with Crippen molar-refractivity contribution in [1.29, 1.82) is 0 Å². The molecule has 0 saturated carbocycles. The smallest absolute Gasteiger partial charge is 0.216 e. The summed E-state index contributed by atoms with van der Waals surface area (Å²) in [6.07, 6.45) is 4.21. The number of rotatable bonds is 8. The number of para-hydroxylation sites is 2. The van der Waals surface area contributed by atoms with E-state index in [9.17, 15) is 0 Å². The SMILES string of the molecule is CCC(C)c1cc(C)cc(C(C)CC)c1-n1c(-c2[c-]cccc2)nc2ccccc21.Cc1ccc2c(n1)oc1c(-c3ccc([Si](C)(C)C)cn3)[c-]ccc12.[Ir]. The molecular formula is C48H50IrN4OSi-2. The van der Waals surface area contributed by atoms with Crippen molar-refractivity contribution in [2.45, 2.75) is 85.9 Å². The molecule has 0 fully saturated rings. The Bertz CT molecular complexity index is 2540. The van der Waals surface area contributed by atoms with Gasteiger partial charge in [0.2, 0.25) is 5.71 Å². The van der Waals surface area contributed by atoms with Crippen molar-refractivity contribution in [3.8, 4) is 28.3 Å². The van der Waals surface area contributed by atoms with Gasteiger partial charge >= 0.3 is 0 Å². The molecule has 0 aliphatic heterocycles. The van der Waals surface area contributed by atoms with Crippen molar-refractivity contribution in [2.24, 2.45) is 0 Å². The molecule has 1 radical (unpaired) electrons. The van der Waals surface area contributed by atoms with Crippen molar-refractivity contribution in [3.63, 3.8) is 0 Å². The van der Waals surface area contributed by atoms with Crippen molar-refractivity contribution in [3.05, 3.63) is 138 Å². The first-order valence-electron chi connectivity index (χ1n) is 19.2. The Kier molecular flexibility index (Phi) is 12.1. The van der Waals surface area contributed by atoms with Gasteiger partial charge < -0.3 is 14.0 Å². The molecule has 283 valence electrons. The second kappa shape index (κ2) is 16.6. The van der Waals surface area contributed by atoms with Crippen molar-refractivity contribution >= 4 is 46.4 Å². The van der Waals surface area contributed by atoms with E-state index in [4.69, 9.17) is 9.40 Å². The second-order valence-electron chi connectivity index (χ2n) is 15.6. The molecule has 7 heteroatoms. The number of aryl methyl sites for hydroxylation is 2. The van der Waals surface area contributed by atoms with E-state index >= 15 is 0 Å². The minimum atomic E-state index is -1.35. The average Bonchev–Trinajstić information content (AvgIpc) is 3.75. The van der Waals surface area contributed by atoms with Gasteiger partial charge in [-0.15, -0.1) is 54.1 Å². The van der Waals surface area contributed by atoms with E-state index in [1.807, 2.05) is 43.5 Å². The van der Waals surface area contributed by atoms with Gasteiger partial charge in [-0.25, -0.2) is 4.98 Å². The third kappa shape index (κ3) is 8.02. The van der Waals surface area contributed by atoms with Gasteiger partial charge in [0.05, 0.1) is 30.5 Å². The molecule has 0 aliphatic rings. The Balaban J connectivity index is 0.000000188. The number of nitrogens with zero attached hydrogens (tertiary/aromatic N) is 4. The summed E-state index contributed by atoms with van der Waals surface area (Å²) in [7, 11) is -1.35. The average molecular weight is 919 g/mol. The third-order valence-electron chi connectivity index (χ3n) is 10.7. The quantitative estimate of drug-likeness (QED) is 0.113. The minimum Gasteiger partial charge on any atom is -0.486 e. The maximum atomic E-state index is 6.04. The van der Waals surface area contributed by atoms with Gasteiger partial charge in [-0.1, -0.05) is 100 Å². The number of imidazole rings is 1. The Morgan fingerprint density at radius 2 is 1.47 bits per heavy atom. The van der Waals surface area contributed by atoms with E-state index in [2.05, 4.69) is 148 Å². The summed E-state index contributed by atoms with van der Waals surface area (Å²) in [5.74, 6) is 1.91. The van der Waals surface area contributed by atoms with Crippen LogP contribution in [0.25, 0.3) is 61.4 Å². The number of fused-ring (bicyclic) bond motifs is 4. The molecule has 4 aromatic heterocycles. The summed E-state index contributed by atoms with van der Waals surface area (Å²) >= 11 is 0. The maximum Gasteiger partial charge on any atom is 0.216 e. The molecule has 8 rings (SSSR count). The van der Waals surface area contributed by atoms with Crippen LogP contribution in [0.1, 0.15) is 74.8 Å². The molecule has 0 aliphatic carbocycles. The number of benzene rings is 4. The van der Waals surface area contributed by atoms with Crippen molar-refractivity contribution in [1.82, 2.24) is 19.5 Å². The van der Waals surface area contributed by atoms with Gasteiger partial charge in [0, 0.05) is 43.1 Å². The van der Waals surface area contributed by atoms with E-state index in [-0.39, 0.29) is 20.1 Å². The first kappa shape index (κ1) is 40.0. The molecule has 2 unspecified atom stereocenters. The Hall–Kier alpha value is -4.68. The predicted molar refractivity (Wildman–Crippen MR) is 229 cm³/mol. The van der Waals surface area contributed by atoms with Gasteiger partial charge in [-0.05, 0) is 84.8 Å². The van der Waals surface area contributed by atoms with Crippen LogP contribution in [0.3, 0.4) is 0 Å². The van der Waals surface area contributed by atoms with Crippen LogP contribution in [-0.2, 0) is 20.1 Å². The zero-order chi connectivity index (χ0) is 38.1. The molecule has 5 nitrogen and oxygen atoms in total. The first-order valence-corrected chi connectivity index (χ1v) is 22.7. The number of hydrogen-bond acceptors (Lipinski definition) is 4.